The fourth-order valence-corrected chi connectivity index (χ4v) is 1.55. The molecule has 0 saturated heterocycles. The minimum atomic E-state index is -2.75. The molecule has 0 aromatic carbocycles. The molecule has 0 bridgehead atoms. The van der Waals surface area contributed by atoms with E-state index in [9.17, 15) is 13.6 Å². The zero-order valence-corrected chi connectivity index (χ0v) is 9.67. The molecular weight excluding hydrogens is 256 g/mol. The average Bonchev–Trinajstić information content (AvgIpc) is 2.27. The van der Waals surface area contributed by atoms with Crippen molar-refractivity contribution in [2.75, 3.05) is 7.11 Å². The van der Waals surface area contributed by atoms with Crippen molar-refractivity contribution in [2.24, 2.45) is 0 Å². The third-order valence-electron chi connectivity index (χ3n) is 2.07. The number of ether oxygens (including phenoxy) is 1. The van der Waals surface area contributed by atoms with E-state index in [0.717, 1.165) is 6.07 Å². The minimum Gasteiger partial charge on any atom is -0.481 e. The Morgan fingerprint density at radius 1 is 1.65 bits per heavy atom. The van der Waals surface area contributed by atoms with Crippen molar-refractivity contribution in [1.29, 1.82) is 0 Å². The number of pyridine rings is 1. The van der Waals surface area contributed by atoms with Gasteiger partial charge in [0.05, 0.1) is 24.8 Å². The predicted octanol–water partition coefficient (Wildman–Crippen LogP) is 2.39. The lowest BCUT2D eigenvalue weighted by Crippen LogP contribution is -2.08. The second-order valence-corrected chi connectivity index (χ2v) is 3.46. The van der Waals surface area contributed by atoms with Crippen LogP contribution in [0.2, 0.25) is 0 Å². The number of rotatable bonds is 5. The molecule has 0 spiro atoms. The van der Waals surface area contributed by atoms with Gasteiger partial charge in [-0.15, -0.1) is 11.6 Å². The second-order valence-electron chi connectivity index (χ2n) is 3.20. The highest BCUT2D eigenvalue weighted by Crippen LogP contribution is 2.30. The zero-order valence-electron chi connectivity index (χ0n) is 8.91. The summed E-state index contributed by atoms with van der Waals surface area (Å²) < 4.78 is 30.0. The number of methoxy groups -OCH3 is 1. The van der Waals surface area contributed by atoms with Crippen LogP contribution in [0.1, 0.15) is 23.2 Å². The lowest BCUT2D eigenvalue weighted by Gasteiger charge is -2.11. The van der Waals surface area contributed by atoms with Gasteiger partial charge in [0.15, 0.2) is 0 Å². The van der Waals surface area contributed by atoms with Gasteiger partial charge in [-0.3, -0.25) is 4.79 Å². The van der Waals surface area contributed by atoms with Crippen LogP contribution in [-0.2, 0) is 17.1 Å². The van der Waals surface area contributed by atoms with Gasteiger partial charge in [-0.05, 0) is 11.6 Å². The number of aromatic nitrogens is 1. The molecule has 94 valence electrons. The van der Waals surface area contributed by atoms with E-state index in [4.69, 9.17) is 21.4 Å². The largest absolute Gasteiger partial charge is 0.481 e. The smallest absolute Gasteiger partial charge is 0.309 e. The van der Waals surface area contributed by atoms with E-state index in [1.165, 1.54) is 7.11 Å². The molecular formula is C10H10ClF2NO3. The number of hydrogen-bond acceptors (Lipinski definition) is 3. The summed E-state index contributed by atoms with van der Waals surface area (Å²) in [6, 6.07) is 1.13. The number of nitrogens with zero attached hydrogens (tertiary/aromatic N) is 1. The number of carboxylic acids is 1. The van der Waals surface area contributed by atoms with Crippen molar-refractivity contribution in [2.45, 2.75) is 18.7 Å². The van der Waals surface area contributed by atoms with E-state index in [2.05, 4.69) is 4.98 Å². The summed E-state index contributed by atoms with van der Waals surface area (Å²) in [6.07, 6.45) is -3.14. The molecule has 0 atom stereocenters. The molecule has 0 aliphatic rings. The van der Waals surface area contributed by atoms with Gasteiger partial charge >= 0.3 is 5.97 Å². The van der Waals surface area contributed by atoms with Crippen molar-refractivity contribution in [1.82, 2.24) is 4.98 Å². The summed E-state index contributed by atoms with van der Waals surface area (Å²) in [5.41, 5.74) is 0.0104. The number of alkyl halides is 3. The Bertz CT molecular complexity index is 426. The van der Waals surface area contributed by atoms with Crippen LogP contribution in [0.3, 0.4) is 0 Å². The van der Waals surface area contributed by atoms with Crippen LogP contribution in [0.15, 0.2) is 6.07 Å². The van der Waals surface area contributed by atoms with Crippen LogP contribution < -0.4 is 4.74 Å². The molecule has 0 radical (unpaired) electrons. The molecule has 7 heteroatoms. The summed E-state index contributed by atoms with van der Waals surface area (Å²) in [7, 11) is 1.19. The van der Waals surface area contributed by atoms with Crippen LogP contribution in [0.25, 0.3) is 0 Å². The molecule has 1 aromatic heterocycles. The quantitative estimate of drug-likeness (QED) is 0.831. The summed E-state index contributed by atoms with van der Waals surface area (Å²) in [5, 5.41) is 8.66. The molecule has 4 nitrogen and oxygen atoms in total. The van der Waals surface area contributed by atoms with Crippen LogP contribution >= 0.6 is 11.6 Å². The molecule has 0 fully saturated rings. The van der Waals surface area contributed by atoms with Crippen molar-refractivity contribution < 1.29 is 23.4 Å². The molecule has 0 saturated carbocycles. The second kappa shape index (κ2) is 5.77. The van der Waals surface area contributed by atoms with E-state index < -0.39 is 18.0 Å². The van der Waals surface area contributed by atoms with Crippen LogP contribution in [-0.4, -0.2) is 23.2 Å². The van der Waals surface area contributed by atoms with Gasteiger partial charge in [0, 0.05) is 5.88 Å². The third-order valence-corrected chi connectivity index (χ3v) is 2.36. The number of hydrogen-bond donors (Lipinski definition) is 1. The zero-order chi connectivity index (χ0) is 13.0. The molecule has 1 N–H and O–H groups in total. The average molecular weight is 266 g/mol. The third kappa shape index (κ3) is 3.26. The van der Waals surface area contributed by atoms with Gasteiger partial charge < -0.3 is 9.84 Å². The highest BCUT2D eigenvalue weighted by Gasteiger charge is 2.19. The molecule has 0 amide bonds. The monoisotopic (exact) mass is 265 g/mol. The maximum absolute atomic E-state index is 12.6. The van der Waals surface area contributed by atoms with Crippen LogP contribution in [0, 0.1) is 0 Å². The standard InChI is InChI=1S/C10H10ClF2NO3/c1-17-10-6(9(12)13)2-5(4-11)7(14-10)3-8(15)16/h2,9H,3-4H2,1H3,(H,15,16). The number of halogens is 3. The minimum absolute atomic E-state index is 0.0840. The normalized spacial score (nSPS) is 10.6. The summed E-state index contributed by atoms with van der Waals surface area (Å²) >= 11 is 5.57. The van der Waals surface area contributed by atoms with E-state index in [1.54, 1.807) is 0 Å². The Balaban J connectivity index is 3.27. The van der Waals surface area contributed by atoms with E-state index in [-0.39, 0.29) is 29.4 Å². The molecule has 1 aromatic rings. The first-order valence-electron chi connectivity index (χ1n) is 4.62. The Labute approximate surface area is 101 Å². The molecule has 17 heavy (non-hydrogen) atoms. The van der Waals surface area contributed by atoms with Crippen molar-refractivity contribution in [3.05, 3.63) is 22.9 Å². The summed E-state index contributed by atoms with van der Waals surface area (Å²) in [5.74, 6) is -1.47. The molecule has 1 rings (SSSR count). The Morgan fingerprint density at radius 3 is 2.71 bits per heavy atom. The molecule has 0 aliphatic carbocycles. The van der Waals surface area contributed by atoms with Crippen LogP contribution in [0.5, 0.6) is 5.88 Å². The van der Waals surface area contributed by atoms with Crippen molar-refractivity contribution in [3.63, 3.8) is 0 Å². The Kier molecular flexibility index (Phi) is 4.62. The van der Waals surface area contributed by atoms with E-state index >= 15 is 0 Å². The Morgan fingerprint density at radius 2 is 2.29 bits per heavy atom. The van der Waals surface area contributed by atoms with Gasteiger partial charge in [-0.1, -0.05) is 0 Å². The van der Waals surface area contributed by atoms with E-state index in [0.29, 0.717) is 0 Å². The lowest BCUT2D eigenvalue weighted by molar-refractivity contribution is -0.136. The first kappa shape index (κ1) is 13.6. The SMILES string of the molecule is COc1nc(CC(=O)O)c(CCl)cc1C(F)F. The van der Waals surface area contributed by atoms with Gasteiger partial charge in [0.2, 0.25) is 5.88 Å². The maximum Gasteiger partial charge on any atom is 0.309 e. The Hall–Kier alpha value is -1.43. The first-order valence-corrected chi connectivity index (χ1v) is 5.15. The van der Waals surface area contributed by atoms with Gasteiger partial charge in [0.25, 0.3) is 6.43 Å². The highest BCUT2D eigenvalue weighted by atomic mass is 35.5. The fourth-order valence-electron chi connectivity index (χ4n) is 1.32. The summed E-state index contributed by atoms with van der Waals surface area (Å²) in [4.78, 5) is 14.3. The number of carbonyl (C=O) groups is 1. The van der Waals surface area contributed by atoms with Gasteiger partial charge in [-0.25, -0.2) is 13.8 Å². The topological polar surface area (TPSA) is 59.4 Å². The number of carboxylic acid groups (broad SMARTS) is 1. The summed E-state index contributed by atoms with van der Waals surface area (Å²) in [6.45, 7) is 0. The fraction of sp³-hybridized carbons (Fsp3) is 0.400. The lowest BCUT2D eigenvalue weighted by atomic mass is 10.1. The van der Waals surface area contributed by atoms with Gasteiger partial charge in [-0.2, -0.15) is 0 Å². The molecule has 0 aliphatic heterocycles. The molecule has 0 unspecified atom stereocenters. The van der Waals surface area contributed by atoms with Crippen LogP contribution in [0.4, 0.5) is 8.78 Å². The maximum atomic E-state index is 12.6. The first-order chi connectivity index (χ1) is 7.99. The highest BCUT2D eigenvalue weighted by molar-refractivity contribution is 6.17. The number of aliphatic carboxylic acids is 1. The van der Waals surface area contributed by atoms with Gasteiger partial charge in [0.1, 0.15) is 0 Å². The van der Waals surface area contributed by atoms with Crippen molar-refractivity contribution >= 4 is 17.6 Å². The van der Waals surface area contributed by atoms with Crippen molar-refractivity contribution in [3.8, 4) is 5.88 Å². The predicted molar refractivity (Wildman–Crippen MR) is 56.6 cm³/mol. The van der Waals surface area contributed by atoms with E-state index in [1.807, 2.05) is 0 Å². The molecule has 1 heterocycles.